The SMILES string of the molecule is CC.COC(=O)c1cc(C(=O)OC)cc(N2c3ccccc3N(c3c(C#N)c(Br)c(C#N)c(N4c5ccccc5N(c5cc(C(=O)OC)cc(C(=O)OC)c5)c5ccccc54)c3C#N)c3ccccc32)c1. The van der Waals surface area contributed by atoms with Crippen LogP contribution in [0.3, 0.4) is 0 Å². The predicted molar refractivity (Wildman–Crippen MR) is 271 cm³/mol. The predicted octanol–water partition coefficient (Wildman–Crippen LogP) is 12.7. The van der Waals surface area contributed by atoms with E-state index in [2.05, 4.69) is 34.1 Å². The van der Waals surface area contributed by atoms with Gasteiger partial charge in [-0.3, -0.25) is 0 Å². The molecule has 0 amide bonds. The Labute approximate surface area is 417 Å². The molecule has 7 aromatic rings. The van der Waals surface area contributed by atoms with Crippen LogP contribution in [0.4, 0.5) is 68.2 Å². The number of ether oxygens (including phenoxy) is 4. The monoisotopic (exact) mass is 1010 g/mol. The third-order valence-electron chi connectivity index (χ3n) is 11.7. The van der Waals surface area contributed by atoms with Crippen molar-refractivity contribution in [3.8, 4) is 18.2 Å². The molecule has 0 aliphatic carbocycles. The fourth-order valence-electron chi connectivity index (χ4n) is 8.80. The average molecular weight is 1010 g/mol. The summed E-state index contributed by atoms with van der Waals surface area (Å²) in [6, 6.07) is 45.1. The van der Waals surface area contributed by atoms with Crippen molar-refractivity contribution in [3.05, 3.63) is 177 Å². The lowest BCUT2D eigenvalue weighted by molar-refractivity contribution is 0.0581. The minimum Gasteiger partial charge on any atom is -0.465 e. The molecule has 2 heterocycles. The van der Waals surface area contributed by atoms with Gasteiger partial charge >= 0.3 is 23.9 Å². The van der Waals surface area contributed by atoms with Crippen molar-refractivity contribution in [2.75, 3.05) is 48.0 Å². The van der Waals surface area contributed by atoms with Gasteiger partial charge in [0, 0.05) is 11.4 Å². The molecule has 2 aliphatic heterocycles. The van der Waals surface area contributed by atoms with Gasteiger partial charge in [-0.25, -0.2) is 19.2 Å². The summed E-state index contributed by atoms with van der Waals surface area (Å²) in [6.45, 7) is 4.00. The second-order valence-electron chi connectivity index (χ2n) is 15.3. The lowest BCUT2D eigenvalue weighted by atomic mass is 9.94. The number of nitriles is 3. The van der Waals surface area contributed by atoms with Crippen LogP contribution in [0, 0.1) is 34.0 Å². The Kier molecular flexibility index (Phi) is 13.6. The highest BCUT2D eigenvalue weighted by Crippen LogP contribution is 2.60. The number of hydrogen-bond acceptors (Lipinski definition) is 15. The quantitative estimate of drug-likeness (QED) is 0.103. The smallest absolute Gasteiger partial charge is 0.337 e. The van der Waals surface area contributed by atoms with Gasteiger partial charge in [-0.15, -0.1) is 0 Å². The average Bonchev–Trinajstić information content (AvgIpc) is 3.42. The van der Waals surface area contributed by atoms with E-state index in [1.54, 1.807) is 58.3 Å². The Bertz CT molecular complexity index is 3100. The molecule has 0 saturated carbocycles. The number of para-hydroxylation sites is 8. The van der Waals surface area contributed by atoms with E-state index in [-0.39, 0.29) is 54.8 Å². The molecule has 0 atom stereocenters. The highest BCUT2D eigenvalue weighted by atomic mass is 79.9. The van der Waals surface area contributed by atoms with E-state index >= 15 is 0 Å². The number of rotatable bonds is 8. The number of fused-ring (bicyclic) bond motifs is 4. The van der Waals surface area contributed by atoms with Crippen LogP contribution in [-0.2, 0) is 18.9 Å². The van der Waals surface area contributed by atoms with Crippen molar-refractivity contribution in [2.45, 2.75) is 13.8 Å². The summed E-state index contributed by atoms with van der Waals surface area (Å²) in [5.74, 6) is -2.73. The van der Waals surface area contributed by atoms with Crippen molar-refractivity contribution in [3.63, 3.8) is 0 Å². The highest BCUT2D eigenvalue weighted by molar-refractivity contribution is 9.10. The van der Waals surface area contributed by atoms with Crippen LogP contribution in [0.1, 0.15) is 72.0 Å². The van der Waals surface area contributed by atoms with Crippen LogP contribution in [0.2, 0.25) is 0 Å². The van der Waals surface area contributed by atoms with Crippen LogP contribution in [0.25, 0.3) is 0 Å². The first-order valence-corrected chi connectivity index (χ1v) is 22.6. The van der Waals surface area contributed by atoms with E-state index in [9.17, 15) is 35.0 Å². The van der Waals surface area contributed by atoms with Crippen LogP contribution in [0.15, 0.2) is 138 Å². The van der Waals surface area contributed by atoms with E-state index in [0.29, 0.717) is 56.9 Å². The largest absolute Gasteiger partial charge is 0.465 e. The number of carbonyl (C=O) groups excluding carboxylic acids is 4. The molecular formula is C55H40BrN7O8. The van der Waals surface area contributed by atoms with Crippen LogP contribution in [-0.4, -0.2) is 52.3 Å². The topological polar surface area (TPSA) is 190 Å². The van der Waals surface area contributed by atoms with Gasteiger partial charge in [0.05, 0.1) is 123 Å². The van der Waals surface area contributed by atoms with Crippen molar-refractivity contribution in [1.82, 2.24) is 0 Å². The molecule has 9 rings (SSSR count). The van der Waals surface area contributed by atoms with E-state index in [1.807, 2.05) is 96.4 Å². The van der Waals surface area contributed by atoms with Crippen molar-refractivity contribution in [1.29, 1.82) is 15.8 Å². The maximum absolute atomic E-state index is 13.0. The molecule has 0 spiro atoms. The van der Waals surface area contributed by atoms with Gasteiger partial charge in [-0.2, -0.15) is 15.8 Å². The Hall–Kier alpha value is -9.43. The van der Waals surface area contributed by atoms with Gasteiger partial charge in [0.1, 0.15) is 23.8 Å². The molecule has 0 fully saturated rings. The fraction of sp³-hybridized carbons (Fsp3) is 0.109. The molecule has 0 radical (unpaired) electrons. The number of anilines is 12. The Morgan fingerprint density at radius 3 is 0.831 bits per heavy atom. The zero-order valence-corrected chi connectivity index (χ0v) is 40.6. The summed E-state index contributed by atoms with van der Waals surface area (Å²) in [5, 5.41) is 33.9. The van der Waals surface area contributed by atoms with Crippen LogP contribution < -0.4 is 19.6 Å². The molecule has 0 N–H and O–H groups in total. The summed E-state index contributed by atoms with van der Waals surface area (Å²) in [7, 11) is 4.96. The third kappa shape index (κ3) is 8.06. The highest BCUT2D eigenvalue weighted by Gasteiger charge is 2.40. The molecular weight excluding hydrogens is 967 g/mol. The normalized spacial score (nSPS) is 11.7. The Morgan fingerprint density at radius 1 is 0.394 bits per heavy atom. The first-order chi connectivity index (χ1) is 34.5. The summed E-state index contributed by atoms with van der Waals surface area (Å²) in [4.78, 5) is 59.4. The molecule has 350 valence electrons. The third-order valence-corrected chi connectivity index (χ3v) is 12.5. The molecule has 0 aromatic heterocycles. The fourth-order valence-corrected chi connectivity index (χ4v) is 9.36. The molecule has 7 aromatic carbocycles. The van der Waals surface area contributed by atoms with Crippen LogP contribution in [0.5, 0.6) is 0 Å². The number of esters is 4. The standard InChI is InChI=1S/C53H34BrN7O8.C2H6/c1-66-50(62)30-21-31(51(63)67-2)24-34(23-30)58-39-13-5-9-17-43(39)60(44-18-10-6-14-40(44)58)48-36(27-55)47(54)37(28-56)49(38(48)29-57)61-45-19-11-7-15-41(45)59(42-16-8-12-20-46(42)61)35-25-32(52(64)68-3)22-33(26-35)53(65)69-4;1-2/h5-26H,1-4H3;1-2H3. The molecule has 16 heteroatoms. The molecule has 0 bridgehead atoms. The van der Waals surface area contributed by atoms with E-state index in [0.717, 1.165) is 0 Å². The minimum atomic E-state index is -0.681. The molecule has 15 nitrogen and oxygen atoms in total. The van der Waals surface area contributed by atoms with Gasteiger partial charge in [0.15, 0.2) is 0 Å². The maximum Gasteiger partial charge on any atom is 0.337 e. The van der Waals surface area contributed by atoms with Crippen molar-refractivity contribution < 1.29 is 38.1 Å². The zero-order chi connectivity index (χ0) is 50.7. The Morgan fingerprint density at radius 2 is 0.620 bits per heavy atom. The molecule has 0 saturated heterocycles. The number of benzene rings is 7. The number of hydrogen-bond donors (Lipinski definition) is 0. The molecule has 71 heavy (non-hydrogen) atoms. The number of methoxy groups -OCH3 is 4. The van der Waals surface area contributed by atoms with Gasteiger partial charge in [0.25, 0.3) is 0 Å². The maximum atomic E-state index is 13.0. The summed E-state index contributed by atoms with van der Waals surface area (Å²) >= 11 is 3.67. The summed E-state index contributed by atoms with van der Waals surface area (Å²) < 4.78 is 20.4. The lowest BCUT2D eigenvalue weighted by Crippen LogP contribution is -2.28. The van der Waals surface area contributed by atoms with E-state index in [1.165, 1.54) is 40.6 Å². The zero-order valence-electron chi connectivity index (χ0n) is 39.0. The van der Waals surface area contributed by atoms with Gasteiger partial charge in [-0.1, -0.05) is 62.4 Å². The number of nitrogens with zero attached hydrogens (tertiary/aromatic N) is 7. The first kappa shape index (κ1) is 48.0. The van der Waals surface area contributed by atoms with Crippen molar-refractivity contribution >= 4 is 108 Å². The number of carbonyl (C=O) groups is 4. The van der Waals surface area contributed by atoms with Gasteiger partial charge in [0.2, 0.25) is 0 Å². The molecule has 2 aliphatic rings. The van der Waals surface area contributed by atoms with Crippen LogP contribution >= 0.6 is 15.9 Å². The summed E-state index contributed by atoms with van der Waals surface area (Å²) in [6.07, 6.45) is 0. The summed E-state index contributed by atoms with van der Waals surface area (Å²) in [5.41, 5.74) is 5.51. The van der Waals surface area contributed by atoms with Crippen molar-refractivity contribution in [2.24, 2.45) is 0 Å². The second-order valence-corrected chi connectivity index (χ2v) is 16.1. The minimum absolute atomic E-state index is 0.0132. The Balaban J connectivity index is 0.00000334. The molecule has 0 unspecified atom stereocenters. The number of halogens is 1. The van der Waals surface area contributed by atoms with E-state index in [4.69, 9.17) is 18.9 Å². The van der Waals surface area contributed by atoms with Gasteiger partial charge < -0.3 is 38.5 Å². The van der Waals surface area contributed by atoms with Gasteiger partial charge in [-0.05, 0) is 101 Å². The van der Waals surface area contributed by atoms with E-state index < -0.39 is 23.9 Å². The first-order valence-electron chi connectivity index (χ1n) is 21.8. The second kappa shape index (κ2) is 20.0. The lowest BCUT2D eigenvalue weighted by Gasteiger charge is -2.43.